The van der Waals surface area contributed by atoms with E-state index < -0.39 is 0 Å². The Labute approximate surface area is 127 Å². The molecule has 2 aromatic rings. The van der Waals surface area contributed by atoms with Gasteiger partial charge in [-0.05, 0) is 43.7 Å². The highest BCUT2D eigenvalue weighted by Crippen LogP contribution is 2.24. The normalized spacial score (nSPS) is 12.7. The van der Waals surface area contributed by atoms with Crippen molar-refractivity contribution >= 4 is 15.9 Å². The molecular formula is C15H19BrFN3. The quantitative estimate of drug-likeness (QED) is 0.903. The Balaban J connectivity index is 2.30. The Morgan fingerprint density at radius 3 is 2.80 bits per heavy atom. The number of nitrogens with one attached hydrogen (secondary N) is 1. The minimum Gasteiger partial charge on any atom is -0.310 e. The third-order valence-corrected chi connectivity index (χ3v) is 4.02. The highest BCUT2D eigenvalue weighted by Gasteiger charge is 2.18. The standard InChI is InChI=1S/C15H19BrFN3/c1-4-18-15(13-9-19-20(3)10(13)2)8-11-7-12(16)5-6-14(11)17/h5-7,9,15,18H,4,8H2,1-3H3. The predicted molar refractivity (Wildman–Crippen MR) is 82.2 cm³/mol. The summed E-state index contributed by atoms with van der Waals surface area (Å²) in [6, 6.07) is 5.12. The van der Waals surface area contributed by atoms with E-state index in [9.17, 15) is 4.39 Å². The van der Waals surface area contributed by atoms with Crippen LogP contribution in [0.1, 0.15) is 29.8 Å². The molecule has 1 unspecified atom stereocenters. The van der Waals surface area contributed by atoms with Crippen LogP contribution in [0.4, 0.5) is 4.39 Å². The van der Waals surface area contributed by atoms with Crippen LogP contribution in [0.5, 0.6) is 0 Å². The van der Waals surface area contributed by atoms with Gasteiger partial charge in [0.05, 0.1) is 6.20 Å². The minimum atomic E-state index is -0.169. The zero-order chi connectivity index (χ0) is 14.7. The van der Waals surface area contributed by atoms with E-state index in [4.69, 9.17) is 0 Å². The highest BCUT2D eigenvalue weighted by atomic mass is 79.9. The fourth-order valence-corrected chi connectivity index (χ4v) is 2.72. The molecule has 2 rings (SSSR count). The van der Waals surface area contributed by atoms with Crippen molar-refractivity contribution in [3.8, 4) is 0 Å². The van der Waals surface area contributed by atoms with Gasteiger partial charge >= 0.3 is 0 Å². The number of rotatable bonds is 5. The Hall–Kier alpha value is -1.20. The molecule has 0 aliphatic rings. The predicted octanol–water partition coefficient (Wildman–Crippen LogP) is 3.52. The van der Waals surface area contributed by atoms with Gasteiger partial charge in [0, 0.05) is 28.8 Å². The molecular weight excluding hydrogens is 321 g/mol. The third kappa shape index (κ3) is 3.27. The van der Waals surface area contributed by atoms with Gasteiger partial charge in [-0.15, -0.1) is 0 Å². The van der Waals surface area contributed by atoms with E-state index in [1.807, 2.05) is 30.9 Å². The van der Waals surface area contributed by atoms with Crippen molar-refractivity contribution in [3.05, 3.63) is 51.5 Å². The van der Waals surface area contributed by atoms with E-state index in [-0.39, 0.29) is 11.9 Å². The van der Waals surface area contributed by atoms with E-state index in [1.54, 1.807) is 6.07 Å². The summed E-state index contributed by atoms with van der Waals surface area (Å²) in [4.78, 5) is 0. The Morgan fingerprint density at radius 1 is 1.45 bits per heavy atom. The van der Waals surface area contributed by atoms with Gasteiger partial charge in [0.1, 0.15) is 5.82 Å². The third-order valence-electron chi connectivity index (χ3n) is 3.53. The molecule has 1 aromatic heterocycles. The number of benzene rings is 1. The molecule has 0 spiro atoms. The van der Waals surface area contributed by atoms with Crippen LogP contribution in [-0.2, 0) is 13.5 Å². The van der Waals surface area contributed by atoms with Crippen LogP contribution in [0.3, 0.4) is 0 Å². The lowest BCUT2D eigenvalue weighted by Crippen LogP contribution is -2.24. The SMILES string of the molecule is CCNC(Cc1cc(Br)ccc1F)c1cnn(C)c1C. The Bertz CT molecular complexity index is 595. The van der Waals surface area contributed by atoms with Gasteiger partial charge in [-0.3, -0.25) is 4.68 Å². The first kappa shape index (κ1) is 15.2. The first-order valence-electron chi connectivity index (χ1n) is 6.68. The van der Waals surface area contributed by atoms with Crippen molar-refractivity contribution in [1.82, 2.24) is 15.1 Å². The van der Waals surface area contributed by atoms with E-state index in [2.05, 4.69) is 33.3 Å². The van der Waals surface area contributed by atoms with Gasteiger partial charge < -0.3 is 5.32 Å². The Kier molecular flexibility index (Phi) is 4.94. The number of halogens is 2. The summed E-state index contributed by atoms with van der Waals surface area (Å²) < 4.78 is 16.7. The van der Waals surface area contributed by atoms with E-state index in [1.165, 1.54) is 6.07 Å². The summed E-state index contributed by atoms with van der Waals surface area (Å²) >= 11 is 3.40. The molecule has 1 N–H and O–H groups in total. The van der Waals surface area contributed by atoms with Gasteiger partial charge in [-0.2, -0.15) is 5.10 Å². The monoisotopic (exact) mass is 339 g/mol. The molecule has 1 atom stereocenters. The molecule has 0 aliphatic heterocycles. The number of hydrogen-bond donors (Lipinski definition) is 1. The number of likely N-dealkylation sites (N-methyl/N-ethyl adjacent to an activating group) is 1. The van der Waals surface area contributed by atoms with Crippen molar-refractivity contribution in [2.45, 2.75) is 26.3 Å². The summed E-state index contributed by atoms with van der Waals surface area (Å²) in [5, 5.41) is 7.69. The lowest BCUT2D eigenvalue weighted by atomic mass is 9.99. The minimum absolute atomic E-state index is 0.0671. The van der Waals surface area contributed by atoms with Gasteiger partial charge in [0.2, 0.25) is 0 Å². The smallest absolute Gasteiger partial charge is 0.126 e. The maximum Gasteiger partial charge on any atom is 0.126 e. The van der Waals surface area contributed by atoms with Crippen molar-refractivity contribution < 1.29 is 4.39 Å². The average molecular weight is 340 g/mol. The zero-order valence-electron chi connectivity index (χ0n) is 12.0. The fraction of sp³-hybridized carbons (Fsp3) is 0.400. The van der Waals surface area contributed by atoms with E-state index in [0.29, 0.717) is 12.0 Å². The van der Waals surface area contributed by atoms with E-state index in [0.717, 1.165) is 22.3 Å². The molecule has 0 bridgehead atoms. The second kappa shape index (κ2) is 6.50. The molecule has 1 heterocycles. The molecule has 5 heteroatoms. The molecule has 0 saturated carbocycles. The van der Waals surface area contributed by atoms with Crippen LogP contribution in [0.25, 0.3) is 0 Å². The molecule has 20 heavy (non-hydrogen) atoms. The molecule has 1 aromatic carbocycles. The van der Waals surface area contributed by atoms with Crippen LogP contribution >= 0.6 is 15.9 Å². The molecule has 0 aliphatic carbocycles. The average Bonchev–Trinajstić information content (AvgIpc) is 2.74. The number of nitrogens with zero attached hydrogens (tertiary/aromatic N) is 2. The summed E-state index contributed by atoms with van der Waals surface area (Å²) in [6.07, 6.45) is 2.46. The molecule has 108 valence electrons. The van der Waals surface area contributed by atoms with Gasteiger partial charge in [0.15, 0.2) is 0 Å². The Morgan fingerprint density at radius 2 is 2.20 bits per heavy atom. The highest BCUT2D eigenvalue weighted by molar-refractivity contribution is 9.10. The van der Waals surface area contributed by atoms with E-state index >= 15 is 0 Å². The lowest BCUT2D eigenvalue weighted by Gasteiger charge is -2.18. The van der Waals surface area contributed by atoms with Gasteiger partial charge in [-0.1, -0.05) is 22.9 Å². The molecule has 0 radical (unpaired) electrons. The van der Waals surface area contributed by atoms with Crippen LogP contribution < -0.4 is 5.32 Å². The largest absolute Gasteiger partial charge is 0.310 e. The van der Waals surface area contributed by atoms with Crippen LogP contribution in [0, 0.1) is 12.7 Å². The van der Waals surface area contributed by atoms with Crippen molar-refractivity contribution in [2.75, 3.05) is 6.54 Å². The first-order chi connectivity index (χ1) is 9.52. The number of hydrogen-bond acceptors (Lipinski definition) is 2. The maximum absolute atomic E-state index is 13.9. The van der Waals surface area contributed by atoms with Gasteiger partial charge in [-0.25, -0.2) is 4.39 Å². The van der Waals surface area contributed by atoms with Crippen molar-refractivity contribution in [2.24, 2.45) is 7.05 Å². The van der Waals surface area contributed by atoms with Gasteiger partial charge in [0.25, 0.3) is 0 Å². The van der Waals surface area contributed by atoms with Crippen LogP contribution in [-0.4, -0.2) is 16.3 Å². The summed E-state index contributed by atoms with van der Waals surface area (Å²) in [6.45, 7) is 4.91. The van der Waals surface area contributed by atoms with Crippen molar-refractivity contribution in [3.63, 3.8) is 0 Å². The number of aryl methyl sites for hydroxylation is 1. The second-order valence-electron chi connectivity index (χ2n) is 4.86. The molecule has 0 fully saturated rings. The second-order valence-corrected chi connectivity index (χ2v) is 5.77. The fourth-order valence-electron chi connectivity index (χ4n) is 2.32. The molecule has 0 saturated heterocycles. The number of aromatic nitrogens is 2. The topological polar surface area (TPSA) is 29.9 Å². The molecule has 0 amide bonds. The molecule has 3 nitrogen and oxygen atoms in total. The summed E-state index contributed by atoms with van der Waals surface area (Å²) in [5.41, 5.74) is 2.92. The maximum atomic E-state index is 13.9. The van der Waals surface area contributed by atoms with Crippen LogP contribution in [0.2, 0.25) is 0 Å². The van der Waals surface area contributed by atoms with Crippen LogP contribution in [0.15, 0.2) is 28.9 Å². The zero-order valence-corrected chi connectivity index (χ0v) is 13.5. The first-order valence-corrected chi connectivity index (χ1v) is 7.48. The lowest BCUT2D eigenvalue weighted by molar-refractivity contribution is 0.525. The summed E-state index contributed by atoms with van der Waals surface area (Å²) in [7, 11) is 1.92. The van der Waals surface area contributed by atoms with Crippen molar-refractivity contribution in [1.29, 1.82) is 0 Å². The summed E-state index contributed by atoms with van der Waals surface area (Å²) in [5.74, 6) is -0.169.